The van der Waals surface area contributed by atoms with Crippen molar-refractivity contribution < 1.29 is 0 Å². The molecule has 1 aromatic rings. The maximum atomic E-state index is 8.63. The molecule has 0 saturated carbocycles. The third-order valence-electron chi connectivity index (χ3n) is 1.47. The third-order valence-corrected chi connectivity index (χ3v) is 2.89. The predicted octanol–water partition coefficient (Wildman–Crippen LogP) is 2.54. The summed E-state index contributed by atoms with van der Waals surface area (Å²) in [5.74, 6) is 0. The van der Waals surface area contributed by atoms with Crippen molar-refractivity contribution in [2.24, 2.45) is 5.73 Å². The first-order valence-corrected chi connectivity index (χ1v) is 4.85. The molecule has 0 amide bonds. The number of nitrogens with two attached hydrogens (primary N) is 1. The van der Waals surface area contributed by atoms with Crippen LogP contribution in [0.4, 0.5) is 0 Å². The molecule has 1 aromatic carbocycles. The molecule has 2 nitrogen and oxygen atoms in total. The summed E-state index contributed by atoms with van der Waals surface area (Å²) in [6.45, 7) is 0.451. The third kappa shape index (κ3) is 1.86. The molecule has 0 fully saturated rings. The molecule has 12 heavy (non-hydrogen) atoms. The van der Waals surface area contributed by atoms with E-state index in [1.807, 2.05) is 0 Å². The highest BCUT2D eigenvalue weighted by Crippen LogP contribution is 2.26. The Labute approximate surface area is 87.6 Å². The van der Waals surface area contributed by atoms with Crippen molar-refractivity contribution in [1.29, 1.82) is 5.26 Å². The molecule has 0 radical (unpaired) electrons. The summed E-state index contributed by atoms with van der Waals surface area (Å²) in [7, 11) is 0. The van der Waals surface area contributed by atoms with Gasteiger partial charge in [0, 0.05) is 15.5 Å². The molecule has 0 unspecified atom stereocenters. The van der Waals surface area contributed by atoms with Crippen molar-refractivity contribution >= 4 is 31.9 Å². The Bertz CT molecular complexity index is 318. The van der Waals surface area contributed by atoms with Crippen molar-refractivity contribution in [2.45, 2.75) is 6.54 Å². The Morgan fingerprint density at radius 2 is 1.83 bits per heavy atom. The highest BCUT2D eigenvalue weighted by Gasteiger charge is 2.04. The molecule has 62 valence electrons. The van der Waals surface area contributed by atoms with E-state index in [0.29, 0.717) is 12.1 Å². The Hall–Kier alpha value is -0.370. The summed E-state index contributed by atoms with van der Waals surface area (Å²) >= 11 is 6.68. The van der Waals surface area contributed by atoms with E-state index in [1.165, 1.54) is 0 Å². The molecular formula is C8H6Br2N2. The lowest BCUT2D eigenvalue weighted by atomic mass is 10.1. The van der Waals surface area contributed by atoms with E-state index < -0.39 is 0 Å². The molecule has 0 atom stereocenters. The molecule has 0 aliphatic heterocycles. The van der Waals surface area contributed by atoms with Crippen LogP contribution >= 0.6 is 31.9 Å². The summed E-state index contributed by atoms with van der Waals surface area (Å²) in [5, 5.41) is 8.63. The fourth-order valence-corrected chi connectivity index (χ4v) is 2.37. The molecule has 0 aromatic heterocycles. The SMILES string of the molecule is N#Cc1cc(Br)c(CN)c(Br)c1. The van der Waals surface area contributed by atoms with Crippen molar-refractivity contribution in [3.8, 4) is 6.07 Å². The monoisotopic (exact) mass is 288 g/mol. The Kier molecular flexibility index (Phi) is 3.27. The van der Waals surface area contributed by atoms with Crippen LogP contribution in [0.3, 0.4) is 0 Å². The van der Waals surface area contributed by atoms with E-state index >= 15 is 0 Å². The van der Waals surface area contributed by atoms with Crippen LogP contribution in [0, 0.1) is 11.3 Å². The van der Waals surface area contributed by atoms with E-state index in [2.05, 4.69) is 37.9 Å². The van der Waals surface area contributed by atoms with E-state index in [9.17, 15) is 0 Å². The van der Waals surface area contributed by atoms with Crippen LogP contribution < -0.4 is 5.73 Å². The number of nitriles is 1. The van der Waals surface area contributed by atoms with E-state index in [0.717, 1.165) is 14.5 Å². The zero-order chi connectivity index (χ0) is 9.14. The normalized spacial score (nSPS) is 9.50. The number of nitrogens with zero attached hydrogens (tertiary/aromatic N) is 1. The zero-order valence-electron chi connectivity index (χ0n) is 6.14. The number of hydrogen-bond donors (Lipinski definition) is 1. The lowest BCUT2D eigenvalue weighted by Gasteiger charge is -2.04. The topological polar surface area (TPSA) is 49.8 Å². The van der Waals surface area contributed by atoms with Gasteiger partial charge in [-0.05, 0) is 17.7 Å². The average molecular weight is 290 g/mol. The van der Waals surface area contributed by atoms with Crippen LogP contribution in [0.1, 0.15) is 11.1 Å². The average Bonchev–Trinajstić information content (AvgIpc) is 2.03. The van der Waals surface area contributed by atoms with Gasteiger partial charge < -0.3 is 5.73 Å². The van der Waals surface area contributed by atoms with Crippen molar-refractivity contribution in [2.75, 3.05) is 0 Å². The molecule has 0 aliphatic carbocycles. The minimum absolute atomic E-state index is 0.451. The van der Waals surface area contributed by atoms with Gasteiger partial charge in [-0.1, -0.05) is 31.9 Å². The van der Waals surface area contributed by atoms with Crippen LogP contribution in [0.25, 0.3) is 0 Å². The first kappa shape index (κ1) is 9.72. The molecule has 0 bridgehead atoms. The van der Waals surface area contributed by atoms with Crippen molar-refractivity contribution in [3.05, 3.63) is 32.2 Å². The number of benzene rings is 1. The van der Waals surface area contributed by atoms with Gasteiger partial charge in [0.25, 0.3) is 0 Å². The number of hydrogen-bond acceptors (Lipinski definition) is 2. The molecule has 0 aliphatic rings. The maximum absolute atomic E-state index is 8.63. The lowest BCUT2D eigenvalue weighted by Crippen LogP contribution is -1.99. The maximum Gasteiger partial charge on any atom is 0.0992 e. The lowest BCUT2D eigenvalue weighted by molar-refractivity contribution is 1.05. The highest BCUT2D eigenvalue weighted by atomic mass is 79.9. The van der Waals surface area contributed by atoms with Gasteiger partial charge in [-0.25, -0.2) is 0 Å². The number of rotatable bonds is 1. The molecule has 0 spiro atoms. The summed E-state index contributed by atoms with van der Waals surface area (Å²) in [6, 6.07) is 5.57. The van der Waals surface area contributed by atoms with E-state index in [1.54, 1.807) is 12.1 Å². The van der Waals surface area contributed by atoms with Gasteiger partial charge in [-0.15, -0.1) is 0 Å². The fourth-order valence-electron chi connectivity index (χ4n) is 0.863. The van der Waals surface area contributed by atoms with Crippen molar-refractivity contribution in [1.82, 2.24) is 0 Å². The van der Waals surface area contributed by atoms with Gasteiger partial charge in [0.15, 0.2) is 0 Å². The zero-order valence-corrected chi connectivity index (χ0v) is 9.31. The molecule has 2 N–H and O–H groups in total. The minimum Gasteiger partial charge on any atom is -0.326 e. The largest absolute Gasteiger partial charge is 0.326 e. The molecule has 0 heterocycles. The summed E-state index contributed by atoms with van der Waals surface area (Å²) < 4.78 is 1.74. The highest BCUT2D eigenvalue weighted by molar-refractivity contribution is 9.11. The summed E-state index contributed by atoms with van der Waals surface area (Å²) in [4.78, 5) is 0. The first-order chi connectivity index (χ1) is 5.69. The van der Waals surface area contributed by atoms with Crippen LogP contribution in [-0.2, 0) is 6.54 Å². The van der Waals surface area contributed by atoms with Gasteiger partial charge in [0.05, 0.1) is 11.6 Å². The summed E-state index contributed by atoms with van der Waals surface area (Å²) in [6.07, 6.45) is 0. The smallest absolute Gasteiger partial charge is 0.0992 e. The number of halogens is 2. The minimum atomic E-state index is 0.451. The molecule has 0 saturated heterocycles. The van der Waals surface area contributed by atoms with E-state index in [4.69, 9.17) is 11.0 Å². The van der Waals surface area contributed by atoms with Crippen LogP contribution in [0.2, 0.25) is 0 Å². The Balaban J connectivity index is 3.30. The van der Waals surface area contributed by atoms with Crippen LogP contribution in [0.15, 0.2) is 21.1 Å². The van der Waals surface area contributed by atoms with E-state index in [-0.39, 0.29) is 0 Å². The molecule has 1 rings (SSSR count). The fraction of sp³-hybridized carbons (Fsp3) is 0.125. The Morgan fingerprint density at radius 1 is 1.33 bits per heavy atom. The van der Waals surface area contributed by atoms with Gasteiger partial charge in [0.2, 0.25) is 0 Å². The van der Waals surface area contributed by atoms with Crippen LogP contribution in [0.5, 0.6) is 0 Å². The second-order valence-corrected chi connectivity index (χ2v) is 3.94. The summed E-state index contributed by atoms with van der Waals surface area (Å²) in [5.41, 5.74) is 7.10. The van der Waals surface area contributed by atoms with Gasteiger partial charge in [-0.2, -0.15) is 5.26 Å². The molecule has 4 heteroatoms. The molecular weight excluding hydrogens is 284 g/mol. The van der Waals surface area contributed by atoms with Crippen molar-refractivity contribution in [3.63, 3.8) is 0 Å². The predicted molar refractivity (Wildman–Crippen MR) is 54.4 cm³/mol. The quantitative estimate of drug-likeness (QED) is 0.864. The van der Waals surface area contributed by atoms with Gasteiger partial charge in [0.1, 0.15) is 0 Å². The second-order valence-electron chi connectivity index (χ2n) is 2.23. The van der Waals surface area contributed by atoms with Crippen LogP contribution in [-0.4, -0.2) is 0 Å². The van der Waals surface area contributed by atoms with Gasteiger partial charge in [-0.3, -0.25) is 0 Å². The van der Waals surface area contributed by atoms with Gasteiger partial charge >= 0.3 is 0 Å². The Morgan fingerprint density at radius 3 is 2.17 bits per heavy atom. The second kappa shape index (κ2) is 4.04. The first-order valence-electron chi connectivity index (χ1n) is 3.27. The standard InChI is InChI=1S/C8H6Br2N2/c9-7-1-5(3-11)2-8(10)6(7)4-12/h1-2H,4,12H2.